The van der Waals surface area contributed by atoms with Crippen molar-refractivity contribution in [1.82, 2.24) is 4.72 Å². The third kappa shape index (κ3) is 5.79. The molecule has 10 heteroatoms. The summed E-state index contributed by atoms with van der Waals surface area (Å²) in [5, 5.41) is 9.82. The van der Waals surface area contributed by atoms with Crippen molar-refractivity contribution in [2.45, 2.75) is 23.8 Å². The second-order valence-corrected chi connectivity index (χ2v) is 6.48. The van der Waals surface area contributed by atoms with Crippen LogP contribution in [0.25, 0.3) is 0 Å². The number of para-hydroxylation sites is 1. The van der Waals surface area contributed by atoms with E-state index < -0.39 is 39.2 Å². The largest absolute Gasteiger partial charge is 0.573 e. The number of rotatable bonds is 7. The van der Waals surface area contributed by atoms with Gasteiger partial charge in [-0.05, 0) is 19.1 Å². The molecule has 0 saturated carbocycles. The molecule has 0 radical (unpaired) electrons. The van der Waals surface area contributed by atoms with Crippen LogP contribution < -0.4 is 9.46 Å². The first kappa shape index (κ1) is 18.7. The average Bonchev–Trinajstić information content (AvgIpc) is 2.35. The Morgan fingerprint density at radius 2 is 1.86 bits per heavy atom. The van der Waals surface area contributed by atoms with Crippen LogP contribution in [0.2, 0.25) is 0 Å². The highest BCUT2D eigenvalue weighted by molar-refractivity contribution is 7.89. The second kappa shape index (κ2) is 6.82. The molecule has 2 N–H and O–H groups in total. The highest BCUT2D eigenvalue weighted by atomic mass is 32.2. The predicted molar refractivity (Wildman–Crippen MR) is 70.8 cm³/mol. The Kier molecular flexibility index (Phi) is 5.79. The molecule has 6 nitrogen and oxygen atoms in total. The smallest absolute Gasteiger partial charge is 0.404 e. The maximum absolute atomic E-state index is 12.3. The molecule has 0 fully saturated rings. The monoisotopic (exact) mass is 343 g/mol. The van der Waals surface area contributed by atoms with Crippen LogP contribution >= 0.6 is 0 Å². The SMILES string of the molecule is COC[C@](C)(O)CNS(=O)(=O)c1ccccc1OC(F)(F)F. The van der Waals surface area contributed by atoms with E-state index in [2.05, 4.69) is 4.74 Å². The van der Waals surface area contributed by atoms with E-state index in [-0.39, 0.29) is 6.61 Å². The first-order valence-electron chi connectivity index (χ1n) is 6.03. The fourth-order valence-electron chi connectivity index (χ4n) is 1.57. The Morgan fingerprint density at radius 3 is 2.41 bits per heavy atom. The summed E-state index contributed by atoms with van der Waals surface area (Å²) in [5.74, 6) is -0.853. The average molecular weight is 343 g/mol. The fraction of sp³-hybridized carbons (Fsp3) is 0.500. The molecular weight excluding hydrogens is 327 g/mol. The van der Waals surface area contributed by atoms with Crippen molar-refractivity contribution in [2.75, 3.05) is 20.3 Å². The first-order valence-corrected chi connectivity index (χ1v) is 7.51. The minimum Gasteiger partial charge on any atom is -0.404 e. The van der Waals surface area contributed by atoms with Crippen molar-refractivity contribution in [3.05, 3.63) is 24.3 Å². The Hall–Kier alpha value is -1.36. The minimum atomic E-state index is -5.02. The lowest BCUT2D eigenvalue weighted by Crippen LogP contribution is -2.43. The quantitative estimate of drug-likeness (QED) is 0.779. The number of benzene rings is 1. The van der Waals surface area contributed by atoms with Gasteiger partial charge in [-0.2, -0.15) is 0 Å². The van der Waals surface area contributed by atoms with Crippen molar-refractivity contribution >= 4 is 10.0 Å². The zero-order valence-electron chi connectivity index (χ0n) is 11.8. The van der Waals surface area contributed by atoms with E-state index in [4.69, 9.17) is 4.74 Å². The molecule has 1 aromatic rings. The van der Waals surface area contributed by atoms with Crippen LogP contribution in [0.15, 0.2) is 29.2 Å². The number of sulfonamides is 1. The molecule has 0 aliphatic heterocycles. The summed E-state index contributed by atoms with van der Waals surface area (Å²) in [6, 6.07) is 4.32. The van der Waals surface area contributed by atoms with Crippen molar-refractivity contribution in [3.63, 3.8) is 0 Å². The molecule has 0 unspecified atom stereocenters. The molecule has 0 heterocycles. The number of alkyl halides is 3. The number of halogens is 3. The van der Waals surface area contributed by atoms with Crippen LogP contribution in [-0.2, 0) is 14.8 Å². The summed E-state index contributed by atoms with van der Waals surface area (Å²) in [5.41, 5.74) is -1.51. The number of aliphatic hydroxyl groups is 1. The van der Waals surface area contributed by atoms with Crippen LogP contribution in [-0.4, -0.2) is 45.7 Å². The number of ether oxygens (including phenoxy) is 2. The molecule has 1 atom stereocenters. The lowest BCUT2D eigenvalue weighted by Gasteiger charge is -2.22. The molecule has 1 aromatic carbocycles. The van der Waals surface area contributed by atoms with Gasteiger partial charge in [0.05, 0.1) is 12.2 Å². The van der Waals surface area contributed by atoms with Gasteiger partial charge in [-0.25, -0.2) is 13.1 Å². The number of nitrogens with one attached hydrogen (secondary N) is 1. The summed E-state index contributed by atoms with van der Waals surface area (Å²) in [7, 11) is -2.99. The van der Waals surface area contributed by atoms with Crippen LogP contribution in [0.4, 0.5) is 13.2 Å². The molecule has 126 valence electrons. The van der Waals surface area contributed by atoms with Gasteiger partial charge in [0, 0.05) is 13.7 Å². The lowest BCUT2D eigenvalue weighted by atomic mass is 10.1. The lowest BCUT2D eigenvalue weighted by molar-refractivity contribution is -0.275. The van der Waals surface area contributed by atoms with Crippen LogP contribution in [0, 0.1) is 0 Å². The van der Waals surface area contributed by atoms with Crippen molar-refractivity contribution in [1.29, 1.82) is 0 Å². The molecule has 1 rings (SSSR count). The maximum Gasteiger partial charge on any atom is 0.573 e. The molecule has 0 aromatic heterocycles. The Morgan fingerprint density at radius 1 is 1.27 bits per heavy atom. The molecule has 0 saturated heterocycles. The highest BCUT2D eigenvalue weighted by Crippen LogP contribution is 2.29. The summed E-state index contributed by atoms with van der Waals surface area (Å²) >= 11 is 0. The summed E-state index contributed by atoms with van der Waals surface area (Å²) in [6.07, 6.45) is -5.02. The second-order valence-electron chi connectivity index (χ2n) is 4.75. The van der Waals surface area contributed by atoms with Gasteiger partial charge in [-0.15, -0.1) is 13.2 Å². The van der Waals surface area contributed by atoms with E-state index in [0.717, 1.165) is 12.1 Å². The standard InChI is InChI=1S/C12H16F3NO5S/c1-11(17,8-20-2)7-16-22(18,19)10-6-4-3-5-9(10)21-12(13,14)15/h3-6,16-17H,7-8H2,1-2H3/t11-/m1/s1. The van der Waals surface area contributed by atoms with Gasteiger partial charge in [0.1, 0.15) is 10.6 Å². The van der Waals surface area contributed by atoms with Crippen molar-refractivity contribution in [3.8, 4) is 5.75 Å². The van der Waals surface area contributed by atoms with Gasteiger partial charge in [-0.1, -0.05) is 12.1 Å². The van der Waals surface area contributed by atoms with E-state index in [1.807, 2.05) is 4.72 Å². The van der Waals surface area contributed by atoms with E-state index in [0.29, 0.717) is 0 Å². The normalized spacial score (nSPS) is 15.4. The number of methoxy groups -OCH3 is 1. The molecule has 22 heavy (non-hydrogen) atoms. The van der Waals surface area contributed by atoms with Gasteiger partial charge in [0.25, 0.3) is 0 Å². The van der Waals surface area contributed by atoms with Gasteiger partial charge < -0.3 is 14.6 Å². The molecular formula is C12H16F3NO5S. The topological polar surface area (TPSA) is 84.9 Å². The zero-order valence-corrected chi connectivity index (χ0v) is 12.7. The van der Waals surface area contributed by atoms with Gasteiger partial charge in [-0.3, -0.25) is 0 Å². The summed E-state index contributed by atoms with van der Waals surface area (Å²) in [6.45, 7) is 0.719. The fourth-order valence-corrected chi connectivity index (χ4v) is 2.86. The minimum absolute atomic E-state index is 0.157. The Balaban J connectivity index is 2.99. The summed E-state index contributed by atoms with van der Waals surface area (Å²) < 4.78 is 71.5. The van der Waals surface area contributed by atoms with Crippen molar-refractivity contribution in [2.24, 2.45) is 0 Å². The molecule has 0 aliphatic carbocycles. The molecule has 0 spiro atoms. The van der Waals surface area contributed by atoms with E-state index in [9.17, 15) is 26.7 Å². The van der Waals surface area contributed by atoms with Gasteiger partial charge in [0.15, 0.2) is 0 Å². The molecule has 0 amide bonds. The zero-order chi connectivity index (χ0) is 17.0. The third-order valence-electron chi connectivity index (χ3n) is 2.46. The first-order chi connectivity index (χ1) is 9.97. The van der Waals surface area contributed by atoms with Crippen LogP contribution in [0.5, 0.6) is 5.75 Å². The highest BCUT2D eigenvalue weighted by Gasteiger charge is 2.34. The number of hydrogen-bond acceptors (Lipinski definition) is 5. The molecule has 0 aliphatic rings. The van der Waals surface area contributed by atoms with Gasteiger partial charge >= 0.3 is 6.36 Å². The Bertz CT molecular complexity index is 601. The van der Waals surface area contributed by atoms with Crippen LogP contribution in [0.1, 0.15) is 6.92 Å². The Labute approximate surface area is 125 Å². The van der Waals surface area contributed by atoms with Crippen LogP contribution in [0.3, 0.4) is 0 Å². The molecule has 0 bridgehead atoms. The van der Waals surface area contributed by atoms with E-state index in [1.165, 1.54) is 26.2 Å². The third-order valence-corrected chi connectivity index (χ3v) is 3.90. The van der Waals surface area contributed by atoms with Crippen molar-refractivity contribution < 1.29 is 36.2 Å². The number of hydrogen-bond donors (Lipinski definition) is 2. The van der Waals surface area contributed by atoms with E-state index in [1.54, 1.807) is 0 Å². The predicted octanol–water partition coefficient (Wildman–Crippen LogP) is 1.26. The van der Waals surface area contributed by atoms with Gasteiger partial charge in [0.2, 0.25) is 10.0 Å². The summed E-state index contributed by atoms with van der Waals surface area (Å²) in [4.78, 5) is -0.680. The maximum atomic E-state index is 12.3. The van der Waals surface area contributed by atoms with E-state index >= 15 is 0 Å².